The summed E-state index contributed by atoms with van der Waals surface area (Å²) >= 11 is 5.35. The minimum absolute atomic E-state index is 0.485. The van der Waals surface area contributed by atoms with E-state index < -0.39 is 0 Å². The molecule has 7 heteroatoms. The fourth-order valence-corrected chi connectivity index (χ4v) is 2.70. The topological polar surface area (TPSA) is 60.3 Å². The number of hydrogen-bond acceptors (Lipinski definition) is 4. The quantitative estimate of drug-likeness (QED) is 0.646. The monoisotopic (exact) mass is 368 g/mol. The van der Waals surface area contributed by atoms with E-state index in [4.69, 9.17) is 21.7 Å². The summed E-state index contributed by atoms with van der Waals surface area (Å²) in [7, 11) is 3.29. The second-order valence-electron chi connectivity index (χ2n) is 5.59. The van der Waals surface area contributed by atoms with E-state index in [1.54, 1.807) is 20.4 Å². The Morgan fingerprint density at radius 2 is 1.69 bits per heavy atom. The molecule has 3 aromatic rings. The Bertz CT molecular complexity index is 895. The highest BCUT2D eigenvalue weighted by Crippen LogP contribution is 2.17. The molecule has 0 radical (unpaired) electrons. The summed E-state index contributed by atoms with van der Waals surface area (Å²) in [6.07, 6.45) is 3.64. The maximum absolute atomic E-state index is 5.35. The molecule has 0 saturated carbocycles. The predicted molar refractivity (Wildman–Crippen MR) is 107 cm³/mol. The Balaban J connectivity index is 1.59. The SMILES string of the molecule is COc1cccc(Cn2cc(NC(=S)Nc3cccc(OC)c3)cn2)c1. The first-order chi connectivity index (χ1) is 12.7. The second kappa shape index (κ2) is 8.35. The van der Waals surface area contributed by atoms with E-state index in [0.717, 1.165) is 28.4 Å². The summed E-state index contributed by atoms with van der Waals surface area (Å²) in [6, 6.07) is 15.5. The van der Waals surface area contributed by atoms with Gasteiger partial charge in [-0.1, -0.05) is 18.2 Å². The Morgan fingerprint density at radius 3 is 2.46 bits per heavy atom. The molecule has 3 rings (SSSR count). The number of rotatable bonds is 6. The van der Waals surface area contributed by atoms with E-state index in [0.29, 0.717) is 11.7 Å². The molecule has 0 aliphatic rings. The van der Waals surface area contributed by atoms with Gasteiger partial charge in [0, 0.05) is 18.0 Å². The first-order valence-corrected chi connectivity index (χ1v) is 8.44. The molecule has 0 aliphatic carbocycles. The number of methoxy groups -OCH3 is 2. The Kier molecular flexibility index (Phi) is 5.70. The van der Waals surface area contributed by atoms with Crippen LogP contribution in [-0.4, -0.2) is 29.1 Å². The number of thiocarbonyl (C=S) groups is 1. The fourth-order valence-electron chi connectivity index (χ4n) is 2.47. The van der Waals surface area contributed by atoms with E-state index in [-0.39, 0.29) is 0 Å². The van der Waals surface area contributed by atoms with Crippen molar-refractivity contribution in [2.24, 2.45) is 0 Å². The molecule has 2 N–H and O–H groups in total. The second-order valence-corrected chi connectivity index (χ2v) is 6.00. The summed E-state index contributed by atoms with van der Waals surface area (Å²) in [5.41, 5.74) is 2.77. The number of aromatic nitrogens is 2. The van der Waals surface area contributed by atoms with Gasteiger partial charge in [0.1, 0.15) is 11.5 Å². The molecule has 1 aromatic heterocycles. The van der Waals surface area contributed by atoms with Crippen molar-refractivity contribution in [2.45, 2.75) is 6.54 Å². The van der Waals surface area contributed by atoms with Crippen LogP contribution in [0, 0.1) is 0 Å². The zero-order valence-corrected chi connectivity index (χ0v) is 15.4. The van der Waals surface area contributed by atoms with Gasteiger partial charge in [-0.3, -0.25) is 4.68 Å². The summed E-state index contributed by atoms with van der Waals surface area (Å²) in [6.45, 7) is 0.648. The Labute approximate surface area is 157 Å². The van der Waals surface area contributed by atoms with E-state index in [9.17, 15) is 0 Å². The molecule has 134 valence electrons. The lowest BCUT2D eigenvalue weighted by Gasteiger charge is -2.10. The van der Waals surface area contributed by atoms with Gasteiger partial charge >= 0.3 is 0 Å². The molecule has 0 aliphatic heterocycles. The van der Waals surface area contributed by atoms with Gasteiger partial charge in [0.25, 0.3) is 0 Å². The Morgan fingerprint density at radius 1 is 1.00 bits per heavy atom. The van der Waals surface area contributed by atoms with Crippen LogP contribution in [0.3, 0.4) is 0 Å². The van der Waals surface area contributed by atoms with Crippen LogP contribution in [-0.2, 0) is 6.54 Å². The number of anilines is 2. The minimum Gasteiger partial charge on any atom is -0.497 e. The predicted octanol–water partition coefficient (Wildman–Crippen LogP) is 3.76. The first kappa shape index (κ1) is 17.8. The molecule has 0 unspecified atom stereocenters. The standard InChI is InChI=1S/C19H20N4O2S/c1-24-17-7-3-5-14(9-17)12-23-13-16(11-20-23)22-19(26)21-15-6-4-8-18(10-15)25-2/h3-11,13H,12H2,1-2H3,(H2,21,22,26). The maximum Gasteiger partial charge on any atom is 0.175 e. The maximum atomic E-state index is 5.35. The summed E-state index contributed by atoms with van der Waals surface area (Å²) < 4.78 is 12.3. The van der Waals surface area contributed by atoms with Crippen LogP contribution < -0.4 is 20.1 Å². The minimum atomic E-state index is 0.485. The van der Waals surface area contributed by atoms with Gasteiger partial charge in [-0.05, 0) is 42.0 Å². The normalized spacial score (nSPS) is 10.2. The van der Waals surface area contributed by atoms with E-state index >= 15 is 0 Å². The van der Waals surface area contributed by atoms with Crippen LogP contribution in [0.2, 0.25) is 0 Å². The van der Waals surface area contributed by atoms with Gasteiger partial charge in [0.15, 0.2) is 5.11 Å². The van der Waals surface area contributed by atoms with Gasteiger partial charge in [0.2, 0.25) is 0 Å². The molecule has 0 bridgehead atoms. The number of nitrogens with one attached hydrogen (secondary N) is 2. The number of nitrogens with zero attached hydrogens (tertiary/aromatic N) is 2. The van der Waals surface area contributed by atoms with Crippen LogP contribution in [0.15, 0.2) is 60.9 Å². The summed E-state index contributed by atoms with van der Waals surface area (Å²) in [5.74, 6) is 1.60. The third-order valence-corrected chi connectivity index (χ3v) is 3.90. The van der Waals surface area contributed by atoms with Gasteiger partial charge in [-0.25, -0.2) is 0 Å². The molecule has 0 spiro atoms. The number of hydrogen-bond donors (Lipinski definition) is 2. The van der Waals surface area contributed by atoms with Gasteiger partial charge in [-0.2, -0.15) is 5.10 Å². The molecule has 0 atom stereocenters. The molecule has 26 heavy (non-hydrogen) atoms. The lowest BCUT2D eigenvalue weighted by molar-refractivity contribution is 0.414. The zero-order valence-electron chi connectivity index (χ0n) is 14.6. The van der Waals surface area contributed by atoms with Gasteiger partial charge < -0.3 is 20.1 Å². The molecule has 6 nitrogen and oxygen atoms in total. The zero-order chi connectivity index (χ0) is 18.4. The van der Waals surface area contributed by atoms with E-state index in [1.165, 1.54) is 0 Å². The van der Waals surface area contributed by atoms with E-state index in [2.05, 4.69) is 15.7 Å². The van der Waals surface area contributed by atoms with Crippen LogP contribution in [0.1, 0.15) is 5.56 Å². The van der Waals surface area contributed by atoms with Gasteiger partial charge in [0.05, 0.1) is 32.6 Å². The lowest BCUT2D eigenvalue weighted by atomic mass is 10.2. The number of ether oxygens (including phenoxy) is 2. The average molecular weight is 368 g/mol. The molecule has 0 fully saturated rings. The largest absolute Gasteiger partial charge is 0.497 e. The highest BCUT2D eigenvalue weighted by atomic mass is 32.1. The third kappa shape index (κ3) is 4.73. The van der Waals surface area contributed by atoms with Crippen molar-refractivity contribution in [1.29, 1.82) is 0 Å². The highest BCUT2D eigenvalue weighted by molar-refractivity contribution is 7.80. The van der Waals surface area contributed by atoms with Gasteiger partial charge in [-0.15, -0.1) is 0 Å². The van der Waals surface area contributed by atoms with Crippen molar-refractivity contribution in [3.63, 3.8) is 0 Å². The van der Waals surface area contributed by atoms with E-state index in [1.807, 2.05) is 59.4 Å². The Hall–Kier alpha value is -3.06. The molecular formula is C19H20N4O2S. The van der Waals surface area contributed by atoms with Crippen LogP contribution >= 0.6 is 12.2 Å². The van der Waals surface area contributed by atoms with Crippen molar-refractivity contribution < 1.29 is 9.47 Å². The highest BCUT2D eigenvalue weighted by Gasteiger charge is 2.04. The molecule has 0 amide bonds. The van der Waals surface area contributed by atoms with Crippen molar-refractivity contribution in [3.05, 3.63) is 66.5 Å². The lowest BCUT2D eigenvalue weighted by Crippen LogP contribution is -2.18. The number of benzene rings is 2. The third-order valence-electron chi connectivity index (χ3n) is 3.70. The smallest absolute Gasteiger partial charge is 0.175 e. The molecular weight excluding hydrogens is 348 g/mol. The summed E-state index contributed by atoms with van der Waals surface area (Å²) in [4.78, 5) is 0. The van der Waals surface area contributed by atoms with Crippen LogP contribution in [0.25, 0.3) is 0 Å². The van der Waals surface area contributed by atoms with Crippen molar-refractivity contribution in [1.82, 2.24) is 9.78 Å². The fraction of sp³-hybridized carbons (Fsp3) is 0.158. The van der Waals surface area contributed by atoms with Crippen molar-refractivity contribution in [3.8, 4) is 11.5 Å². The van der Waals surface area contributed by atoms with Crippen molar-refractivity contribution in [2.75, 3.05) is 24.9 Å². The molecule has 1 heterocycles. The summed E-state index contributed by atoms with van der Waals surface area (Å²) in [5, 5.41) is 11.1. The van der Waals surface area contributed by atoms with Crippen LogP contribution in [0.5, 0.6) is 11.5 Å². The molecule has 0 saturated heterocycles. The molecule has 2 aromatic carbocycles. The first-order valence-electron chi connectivity index (χ1n) is 8.04. The van der Waals surface area contributed by atoms with Crippen LogP contribution in [0.4, 0.5) is 11.4 Å². The van der Waals surface area contributed by atoms with Crippen molar-refractivity contribution >= 4 is 28.7 Å². The average Bonchev–Trinajstić information content (AvgIpc) is 3.08.